The second kappa shape index (κ2) is 10.5. The van der Waals surface area contributed by atoms with E-state index in [0.717, 1.165) is 37.5 Å². The van der Waals surface area contributed by atoms with Crippen LogP contribution in [-0.2, 0) is 15.3 Å². The minimum Gasteiger partial charge on any atom is -0.491 e. The number of nitrogens with zero attached hydrogens (tertiary/aromatic N) is 2. The molecule has 2 aliphatic rings. The van der Waals surface area contributed by atoms with Crippen LogP contribution >= 0.6 is 39.1 Å². The van der Waals surface area contributed by atoms with Crippen LogP contribution in [0.1, 0.15) is 19.4 Å². The van der Waals surface area contributed by atoms with Crippen molar-refractivity contribution in [2.24, 2.45) is 0 Å². The van der Waals surface area contributed by atoms with Crippen molar-refractivity contribution in [1.82, 2.24) is 4.90 Å². The van der Waals surface area contributed by atoms with Crippen molar-refractivity contribution in [1.29, 1.82) is 0 Å². The molecule has 2 saturated heterocycles. The number of rotatable bonds is 7. The number of alkyl halides is 1. The number of piperazine rings is 1. The van der Waals surface area contributed by atoms with E-state index in [2.05, 4.69) is 51.7 Å². The van der Waals surface area contributed by atoms with Crippen molar-refractivity contribution in [2.45, 2.75) is 31.8 Å². The van der Waals surface area contributed by atoms with Crippen LogP contribution in [0.5, 0.6) is 5.75 Å². The largest absolute Gasteiger partial charge is 0.491 e. The third-order valence-corrected chi connectivity index (χ3v) is 7.35. The summed E-state index contributed by atoms with van der Waals surface area (Å²) in [4.78, 5) is 4.94. The van der Waals surface area contributed by atoms with E-state index in [0.29, 0.717) is 34.6 Å². The second-order valence-electron chi connectivity index (χ2n) is 8.48. The van der Waals surface area contributed by atoms with Gasteiger partial charge in [-0.05, 0) is 50.2 Å². The van der Waals surface area contributed by atoms with Crippen LogP contribution in [0.25, 0.3) is 0 Å². The van der Waals surface area contributed by atoms with E-state index < -0.39 is 5.79 Å². The van der Waals surface area contributed by atoms with Crippen molar-refractivity contribution < 1.29 is 14.2 Å². The van der Waals surface area contributed by atoms with E-state index in [-0.39, 0.29) is 6.10 Å². The molecule has 0 aromatic heterocycles. The standard InChI is InChI=1S/C24H29BrCl2N2O3/c1-17(2)28-9-11-29(12-10-28)19-4-6-20(7-5-19)30-14-21-15-31-24(16-25,32-21)22-8-3-18(26)13-23(22)27/h3-8,13,17,21H,9-12,14-16H2,1-2H3/t21-,24-/m0/s1. The van der Waals surface area contributed by atoms with Crippen molar-refractivity contribution in [3.05, 3.63) is 58.1 Å². The fourth-order valence-electron chi connectivity index (χ4n) is 4.17. The van der Waals surface area contributed by atoms with Crippen LogP contribution in [0, 0.1) is 0 Å². The summed E-state index contributed by atoms with van der Waals surface area (Å²) < 4.78 is 18.3. The maximum absolute atomic E-state index is 6.40. The number of ether oxygens (including phenoxy) is 3. The van der Waals surface area contributed by atoms with Gasteiger partial charge in [-0.3, -0.25) is 4.90 Å². The summed E-state index contributed by atoms with van der Waals surface area (Å²) in [5, 5.41) is 1.55. The molecule has 5 nitrogen and oxygen atoms in total. The fourth-order valence-corrected chi connectivity index (χ4v) is 5.32. The summed E-state index contributed by atoms with van der Waals surface area (Å²) >= 11 is 15.9. The Morgan fingerprint density at radius 3 is 2.44 bits per heavy atom. The predicted molar refractivity (Wildman–Crippen MR) is 134 cm³/mol. The minimum absolute atomic E-state index is 0.205. The zero-order valence-electron chi connectivity index (χ0n) is 18.4. The Morgan fingerprint density at radius 1 is 1.09 bits per heavy atom. The van der Waals surface area contributed by atoms with E-state index in [1.54, 1.807) is 12.1 Å². The van der Waals surface area contributed by atoms with Crippen LogP contribution in [0.4, 0.5) is 5.69 Å². The van der Waals surface area contributed by atoms with E-state index >= 15 is 0 Å². The Balaban J connectivity index is 1.31. The SMILES string of the molecule is CC(C)N1CCN(c2ccc(OC[C@H]3CO[C@](CBr)(c4ccc(Cl)cc4Cl)O3)cc2)CC1. The quantitative estimate of drug-likeness (QED) is 0.427. The molecule has 0 unspecified atom stereocenters. The Hall–Kier alpha value is -1.02. The van der Waals surface area contributed by atoms with Gasteiger partial charge in [0, 0.05) is 48.5 Å². The Kier molecular flexibility index (Phi) is 7.91. The van der Waals surface area contributed by atoms with Crippen LogP contribution in [0.15, 0.2) is 42.5 Å². The summed E-state index contributed by atoms with van der Waals surface area (Å²) in [7, 11) is 0. The van der Waals surface area contributed by atoms with Crippen LogP contribution in [-0.4, -0.2) is 61.8 Å². The lowest BCUT2D eigenvalue weighted by Crippen LogP contribution is -2.48. The first kappa shape index (κ1) is 24.1. The molecule has 2 aliphatic heterocycles. The number of halogens is 3. The Labute approximate surface area is 208 Å². The maximum atomic E-state index is 6.40. The molecule has 2 heterocycles. The highest BCUT2D eigenvalue weighted by Crippen LogP contribution is 2.40. The molecular weight excluding hydrogens is 515 g/mol. The molecule has 2 atom stereocenters. The second-order valence-corrected chi connectivity index (χ2v) is 9.89. The van der Waals surface area contributed by atoms with Crippen LogP contribution < -0.4 is 9.64 Å². The van der Waals surface area contributed by atoms with Gasteiger partial charge in [-0.25, -0.2) is 0 Å². The third-order valence-electron chi connectivity index (χ3n) is 6.06. The molecule has 0 saturated carbocycles. The van der Waals surface area contributed by atoms with E-state index in [1.165, 1.54) is 5.69 Å². The minimum atomic E-state index is -0.947. The molecule has 4 rings (SSSR count). The van der Waals surface area contributed by atoms with Crippen LogP contribution in [0.3, 0.4) is 0 Å². The third kappa shape index (κ3) is 5.37. The van der Waals surface area contributed by atoms with Gasteiger partial charge in [-0.1, -0.05) is 45.2 Å². The van der Waals surface area contributed by atoms with Gasteiger partial charge in [-0.2, -0.15) is 0 Å². The molecule has 2 aromatic carbocycles. The highest BCUT2D eigenvalue weighted by atomic mass is 79.9. The van der Waals surface area contributed by atoms with E-state index in [4.69, 9.17) is 37.4 Å². The summed E-state index contributed by atoms with van der Waals surface area (Å²) in [5.41, 5.74) is 1.99. The number of hydrogen-bond donors (Lipinski definition) is 0. The molecule has 174 valence electrons. The zero-order valence-corrected chi connectivity index (χ0v) is 21.5. The molecular formula is C24H29BrCl2N2O3. The Morgan fingerprint density at radius 2 is 1.81 bits per heavy atom. The van der Waals surface area contributed by atoms with Gasteiger partial charge in [-0.15, -0.1) is 0 Å². The van der Waals surface area contributed by atoms with E-state index in [9.17, 15) is 0 Å². The number of benzene rings is 2. The zero-order chi connectivity index (χ0) is 22.7. The van der Waals surface area contributed by atoms with Crippen LogP contribution in [0.2, 0.25) is 10.0 Å². The maximum Gasteiger partial charge on any atom is 0.206 e. The molecule has 2 aromatic rings. The molecule has 0 N–H and O–H groups in total. The lowest BCUT2D eigenvalue weighted by Gasteiger charge is -2.38. The van der Waals surface area contributed by atoms with Gasteiger partial charge in [0.15, 0.2) is 0 Å². The Bertz CT molecular complexity index is 907. The number of anilines is 1. The molecule has 0 bridgehead atoms. The normalized spacial score (nSPS) is 24.3. The first-order valence-corrected chi connectivity index (χ1v) is 12.8. The summed E-state index contributed by atoms with van der Waals surface area (Å²) in [6.07, 6.45) is -0.205. The highest BCUT2D eigenvalue weighted by Gasteiger charge is 2.44. The smallest absolute Gasteiger partial charge is 0.206 e. The molecule has 0 radical (unpaired) electrons. The van der Waals surface area contributed by atoms with Gasteiger partial charge < -0.3 is 19.1 Å². The van der Waals surface area contributed by atoms with Crippen molar-refractivity contribution in [2.75, 3.05) is 49.6 Å². The molecule has 0 amide bonds. The summed E-state index contributed by atoms with van der Waals surface area (Å²) in [6, 6.07) is 14.2. The van der Waals surface area contributed by atoms with E-state index in [1.807, 2.05) is 18.2 Å². The molecule has 32 heavy (non-hydrogen) atoms. The lowest BCUT2D eigenvalue weighted by molar-refractivity contribution is -0.159. The average molecular weight is 544 g/mol. The van der Waals surface area contributed by atoms with Crippen molar-refractivity contribution >= 4 is 44.8 Å². The topological polar surface area (TPSA) is 34.2 Å². The predicted octanol–water partition coefficient (Wildman–Crippen LogP) is 5.57. The first-order chi connectivity index (χ1) is 15.4. The molecule has 0 spiro atoms. The monoisotopic (exact) mass is 542 g/mol. The highest BCUT2D eigenvalue weighted by molar-refractivity contribution is 9.09. The fraction of sp³-hybridized carbons (Fsp3) is 0.500. The molecule has 2 fully saturated rings. The van der Waals surface area contributed by atoms with Crippen molar-refractivity contribution in [3.8, 4) is 5.75 Å². The molecule has 8 heteroatoms. The number of hydrogen-bond acceptors (Lipinski definition) is 5. The average Bonchev–Trinajstić information content (AvgIpc) is 3.22. The van der Waals surface area contributed by atoms with Gasteiger partial charge in [0.05, 0.1) is 17.0 Å². The molecule has 0 aliphatic carbocycles. The van der Waals surface area contributed by atoms with Gasteiger partial charge in [0.1, 0.15) is 18.5 Å². The van der Waals surface area contributed by atoms with Crippen molar-refractivity contribution in [3.63, 3.8) is 0 Å². The van der Waals surface area contributed by atoms with Gasteiger partial charge >= 0.3 is 0 Å². The first-order valence-electron chi connectivity index (χ1n) is 11.0. The van der Waals surface area contributed by atoms with Gasteiger partial charge in [0.2, 0.25) is 5.79 Å². The summed E-state index contributed by atoms with van der Waals surface area (Å²) in [5.74, 6) is -0.128. The lowest BCUT2D eigenvalue weighted by atomic mass is 10.1. The van der Waals surface area contributed by atoms with Gasteiger partial charge in [0.25, 0.3) is 0 Å². The summed E-state index contributed by atoms with van der Waals surface area (Å²) in [6.45, 7) is 9.62.